The van der Waals surface area contributed by atoms with E-state index in [1.807, 2.05) is 6.92 Å². The van der Waals surface area contributed by atoms with Crippen LogP contribution in [-0.2, 0) is 14.3 Å². The molecule has 0 bridgehead atoms. The van der Waals surface area contributed by atoms with Gasteiger partial charge in [-0.25, -0.2) is 0 Å². The number of ether oxygens (including phenoxy) is 1. The molecule has 0 heterocycles. The SMILES string of the molecule is CCCN(CCC(=O)O)C(=O)COC. The third-order valence-electron chi connectivity index (χ3n) is 1.71. The molecule has 0 unspecified atom stereocenters. The van der Waals surface area contributed by atoms with Crippen molar-refractivity contribution in [3.63, 3.8) is 0 Å². The van der Waals surface area contributed by atoms with Crippen molar-refractivity contribution in [1.29, 1.82) is 0 Å². The van der Waals surface area contributed by atoms with Crippen LogP contribution in [0.3, 0.4) is 0 Å². The Morgan fingerprint density at radius 1 is 1.36 bits per heavy atom. The van der Waals surface area contributed by atoms with Gasteiger partial charge in [0, 0.05) is 20.2 Å². The van der Waals surface area contributed by atoms with Gasteiger partial charge in [0.25, 0.3) is 0 Å². The van der Waals surface area contributed by atoms with Gasteiger partial charge in [0.15, 0.2) is 0 Å². The number of carbonyl (C=O) groups is 2. The third kappa shape index (κ3) is 5.53. The molecule has 0 aliphatic heterocycles. The molecule has 0 aromatic carbocycles. The van der Waals surface area contributed by atoms with Crippen molar-refractivity contribution < 1.29 is 19.4 Å². The zero-order chi connectivity index (χ0) is 11.0. The van der Waals surface area contributed by atoms with Crippen LogP contribution < -0.4 is 0 Å². The topological polar surface area (TPSA) is 66.8 Å². The van der Waals surface area contributed by atoms with Crippen molar-refractivity contribution in [3.8, 4) is 0 Å². The molecule has 0 rings (SSSR count). The van der Waals surface area contributed by atoms with E-state index in [1.165, 1.54) is 12.0 Å². The summed E-state index contributed by atoms with van der Waals surface area (Å²) in [5.74, 6) is -1.05. The number of amides is 1. The predicted molar refractivity (Wildman–Crippen MR) is 51.0 cm³/mol. The van der Waals surface area contributed by atoms with Crippen LogP contribution in [0.5, 0.6) is 0 Å². The zero-order valence-corrected chi connectivity index (χ0v) is 8.65. The van der Waals surface area contributed by atoms with E-state index in [9.17, 15) is 9.59 Å². The second kappa shape index (κ2) is 7.32. The quantitative estimate of drug-likeness (QED) is 0.648. The van der Waals surface area contributed by atoms with Crippen molar-refractivity contribution in [1.82, 2.24) is 4.90 Å². The molecule has 0 aromatic heterocycles. The van der Waals surface area contributed by atoms with Crippen LogP contribution >= 0.6 is 0 Å². The van der Waals surface area contributed by atoms with E-state index in [1.54, 1.807) is 0 Å². The number of carbonyl (C=O) groups excluding carboxylic acids is 1. The van der Waals surface area contributed by atoms with E-state index in [-0.39, 0.29) is 25.5 Å². The Hall–Kier alpha value is -1.10. The van der Waals surface area contributed by atoms with Gasteiger partial charge in [-0.05, 0) is 6.42 Å². The fourth-order valence-corrected chi connectivity index (χ4v) is 1.08. The molecule has 0 saturated heterocycles. The van der Waals surface area contributed by atoms with Crippen molar-refractivity contribution in [3.05, 3.63) is 0 Å². The van der Waals surface area contributed by atoms with E-state index in [0.717, 1.165) is 6.42 Å². The summed E-state index contributed by atoms with van der Waals surface area (Å²) in [7, 11) is 1.44. The Labute approximate surface area is 83.6 Å². The second-order valence-corrected chi connectivity index (χ2v) is 2.96. The molecule has 0 spiro atoms. The average molecular weight is 203 g/mol. The fraction of sp³-hybridized carbons (Fsp3) is 0.778. The van der Waals surface area contributed by atoms with Gasteiger partial charge >= 0.3 is 5.97 Å². The van der Waals surface area contributed by atoms with Gasteiger partial charge in [0.2, 0.25) is 5.91 Å². The highest BCUT2D eigenvalue weighted by molar-refractivity contribution is 5.78. The first-order valence-corrected chi connectivity index (χ1v) is 4.60. The van der Waals surface area contributed by atoms with Gasteiger partial charge in [0.1, 0.15) is 6.61 Å². The van der Waals surface area contributed by atoms with Gasteiger partial charge in [-0.2, -0.15) is 0 Å². The molecule has 14 heavy (non-hydrogen) atoms. The molecule has 5 heteroatoms. The fourth-order valence-electron chi connectivity index (χ4n) is 1.08. The summed E-state index contributed by atoms with van der Waals surface area (Å²) in [6.45, 7) is 2.79. The smallest absolute Gasteiger partial charge is 0.305 e. The largest absolute Gasteiger partial charge is 0.481 e. The molecule has 0 fully saturated rings. The summed E-state index contributed by atoms with van der Waals surface area (Å²) in [6.07, 6.45) is 0.796. The van der Waals surface area contributed by atoms with Gasteiger partial charge in [-0.15, -0.1) is 0 Å². The normalized spacial score (nSPS) is 9.86. The number of carboxylic acids is 1. The number of rotatable bonds is 7. The van der Waals surface area contributed by atoms with Gasteiger partial charge in [-0.1, -0.05) is 6.92 Å². The molecule has 0 atom stereocenters. The van der Waals surface area contributed by atoms with Gasteiger partial charge < -0.3 is 14.7 Å². The molecule has 1 amide bonds. The lowest BCUT2D eigenvalue weighted by Crippen LogP contribution is -2.36. The molecule has 82 valence electrons. The van der Waals surface area contributed by atoms with Crippen LogP contribution in [-0.4, -0.2) is 48.7 Å². The predicted octanol–water partition coefficient (Wildman–Crippen LogP) is 0.346. The number of aliphatic carboxylic acids is 1. The molecule has 1 N–H and O–H groups in total. The molecule has 0 aliphatic rings. The molecular formula is C9H17NO4. The Balaban J connectivity index is 3.99. The van der Waals surface area contributed by atoms with Crippen molar-refractivity contribution in [2.75, 3.05) is 26.8 Å². The molecule has 0 aromatic rings. The first-order chi connectivity index (χ1) is 6.61. The number of hydrogen-bond donors (Lipinski definition) is 1. The lowest BCUT2D eigenvalue weighted by molar-refractivity contribution is -0.139. The summed E-state index contributed by atoms with van der Waals surface area (Å²) in [6, 6.07) is 0. The van der Waals surface area contributed by atoms with E-state index in [2.05, 4.69) is 0 Å². The molecule has 0 radical (unpaired) electrons. The molecule has 0 saturated carbocycles. The van der Waals surface area contributed by atoms with Crippen LogP contribution in [0, 0.1) is 0 Å². The number of methoxy groups -OCH3 is 1. The summed E-state index contributed by atoms with van der Waals surface area (Å²) in [5, 5.41) is 8.47. The monoisotopic (exact) mass is 203 g/mol. The van der Waals surface area contributed by atoms with Crippen molar-refractivity contribution >= 4 is 11.9 Å². The first kappa shape index (κ1) is 12.9. The van der Waals surface area contributed by atoms with Crippen LogP contribution in [0.15, 0.2) is 0 Å². The highest BCUT2D eigenvalue weighted by atomic mass is 16.5. The van der Waals surface area contributed by atoms with Gasteiger partial charge in [0.05, 0.1) is 6.42 Å². The van der Waals surface area contributed by atoms with Crippen molar-refractivity contribution in [2.24, 2.45) is 0 Å². The number of nitrogens with zero attached hydrogens (tertiary/aromatic N) is 1. The van der Waals surface area contributed by atoms with E-state index in [4.69, 9.17) is 9.84 Å². The third-order valence-corrected chi connectivity index (χ3v) is 1.71. The molecule has 0 aliphatic carbocycles. The lowest BCUT2D eigenvalue weighted by Gasteiger charge is -2.20. The van der Waals surface area contributed by atoms with Gasteiger partial charge in [-0.3, -0.25) is 9.59 Å². The molecule has 5 nitrogen and oxygen atoms in total. The minimum atomic E-state index is -0.892. The maximum atomic E-state index is 11.4. The minimum absolute atomic E-state index is 0.0135. The molecular weight excluding hydrogens is 186 g/mol. The highest BCUT2D eigenvalue weighted by Crippen LogP contribution is 1.96. The van der Waals surface area contributed by atoms with Crippen molar-refractivity contribution in [2.45, 2.75) is 19.8 Å². The lowest BCUT2D eigenvalue weighted by atomic mass is 10.3. The number of hydrogen-bond acceptors (Lipinski definition) is 3. The summed E-state index contributed by atoms with van der Waals surface area (Å²) in [4.78, 5) is 23.2. The van der Waals surface area contributed by atoms with E-state index < -0.39 is 5.97 Å². The average Bonchev–Trinajstić information content (AvgIpc) is 2.12. The van der Waals surface area contributed by atoms with E-state index >= 15 is 0 Å². The highest BCUT2D eigenvalue weighted by Gasteiger charge is 2.12. The standard InChI is InChI=1S/C9H17NO4/c1-3-5-10(6-4-9(12)13)8(11)7-14-2/h3-7H2,1-2H3,(H,12,13). The Morgan fingerprint density at radius 2 is 2.00 bits per heavy atom. The Kier molecular flexibility index (Phi) is 6.74. The first-order valence-electron chi connectivity index (χ1n) is 4.60. The Bertz CT molecular complexity index is 193. The van der Waals surface area contributed by atoms with Crippen LogP contribution in [0.25, 0.3) is 0 Å². The Morgan fingerprint density at radius 3 is 2.43 bits per heavy atom. The zero-order valence-electron chi connectivity index (χ0n) is 8.65. The summed E-state index contributed by atoms with van der Waals surface area (Å²) in [5.41, 5.74) is 0. The summed E-state index contributed by atoms with van der Waals surface area (Å²) >= 11 is 0. The van der Waals surface area contributed by atoms with Crippen LogP contribution in [0.4, 0.5) is 0 Å². The maximum Gasteiger partial charge on any atom is 0.305 e. The van der Waals surface area contributed by atoms with E-state index in [0.29, 0.717) is 6.54 Å². The minimum Gasteiger partial charge on any atom is -0.481 e. The second-order valence-electron chi connectivity index (χ2n) is 2.96. The van der Waals surface area contributed by atoms with Crippen LogP contribution in [0.2, 0.25) is 0 Å². The van der Waals surface area contributed by atoms with Crippen LogP contribution in [0.1, 0.15) is 19.8 Å². The number of carboxylic acid groups (broad SMARTS) is 1. The maximum absolute atomic E-state index is 11.4. The summed E-state index contributed by atoms with van der Waals surface area (Å²) < 4.78 is 4.70.